The molecule has 2 aromatic rings. The summed E-state index contributed by atoms with van der Waals surface area (Å²) < 4.78 is 29.6. The number of aryl methyl sites for hydroxylation is 1. The van der Waals surface area contributed by atoms with E-state index in [2.05, 4.69) is 29.7 Å². The van der Waals surface area contributed by atoms with Gasteiger partial charge < -0.3 is 5.32 Å². The predicted molar refractivity (Wildman–Crippen MR) is 108 cm³/mol. The first-order valence-corrected chi connectivity index (χ1v) is 12.0. The average molecular weight is 417 g/mol. The molecule has 1 unspecified atom stereocenters. The van der Waals surface area contributed by atoms with Crippen LogP contribution in [-0.4, -0.2) is 34.7 Å². The highest BCUT2D eigenvalue weighted by molar-refractivity contribution is 8.18. The number of hydrogen-bond acceptors (Lipinski definition) is 7. The van der Waals surface area contributed by atoms with Gasteiger partial charge in [0.05, 0.1) is 21.7 Å². The van der Waals surface area contributed by atoms with Crippen LogP contribution in [0.25, 0.3) is 0 Å². The summed E-state index contributed by atoms with van der Waals surface area (Å²) in [5.74, 6) is 0. The van der Waals surface area contributed by atoms with E-state index in [4.69, 9.17) is 4.55 Å². The molecule has 3 rings (SSSR count). The summed E-state index contributed by atoms with van der Waals surface area (Å²) >= 11 is 5.46. The van der Waals surface area contributed by atoms with Crippen LogP contribution >= 0.6 is 35.3 Å². The monoisotopic (exact) mass is 416 g/mol. The summed E-state index contributed by atoms with van der Waals surface area (Å²) in [6.07, 6.45) is 8.05. The van der Waals surface area contributed by atoms with Crippen LogP contribution in [0.5, 0.6) is 0 Å². The highest BCUT2D eigenvalue weighted by atomic mass is 32.2. The van der Waals surface area contributed by atoms with Crippen molar-refractivity contribution in [3.63, 3.8) is 0 Å². The number of nitrogens with one attached hydrogen (secondary N) is 1. The van der Waals surface area contributed by atoms with Crippen LogP contribution in [0, 0.1) is 6.92 Å². The van der Waals surface area contributed by atoms with Crippen LogP contribution in [-0.2, 0) is 10.1 Å². The van der Waals surface area contributed by atoms with Gasteiger partial charge in [-0.2, -0.15) is 8.42 Å². The molecule has 0 spiro atoms. The van der Waals surface area contributed by atoms with E-state index >= 15 is 0 Å². The number of nitrogens with zero attached hydrogens (tertiary/aromatic N) is 1. The lowest BCUT2D eigenvalue weighted by atomic mass is 10.2. The van der Waals surface area contributed by atoms with Gasteiger partial charge in [0.1, 0.15) is 4.20 Å². The average Bonchev–Trinajstić information content (AvgIpc) is 2.92. The fourth-order valence-corrected chi connectivity index (χ4v) is 5.07. The van der Waals surface area contributed by atoms with Crippen molar-refractivity contribution in [3.05, 3.63) is 42.2 Å². The third-order valence-electron chi connectivity index (χ3n) is 3.45. The third-order valence-corrected chi connectivity index (χ3v) is 7.96. The van der Waals surface area contributed by atoms with Crippen LogP contribution in [0.15, 0.2) is 51.3 Å². The first kappa shape index (κ1) is 20.4. The number of pyridine rings is 1. The van der Waals surface area contributed by atoms with E-state index < -0.39 is 10.1 Å². The number of aromatic nitrogens is 1. The number of hydrogen-bond donors (Lipinski definition) is 2. The maximum Gasteiger partial charge on any atom is 0.294 e. The van der Waals surface area contributed by atoms with Crippen LogP contribution < -0.4 is 5.32 Å². The van der Waals surface area contributed by atoms with Crippen LogP contribution in [0.1, 0.15) is 12.5 Å². The summed E-state index contributed by atoms with van der Waals surface area (Å²) in [5.41, 5.74) is 2.12. The van der Waals surface area contributed by atoms with Crippen molar-refractivity contribution >= 4 is 51.1 Å². The van der Waals surface area contributed by atoms with Gasteiger partial charge in [0, 0.05) is 11.1 Å². The first-order valence-electron chi connectivity index (χ1n) is 7.27. The minimum Gasteiger partial charge on any atom is -0.360 e. The molecule has 1 atom stereocenters. The molecule has 1 aromatic carbocycles. The molecule has 25 heavy (non-hydrogen) atoms. The number of thioether (sulfide) groups is 3. The van der Waals surface area contributed by atoms with E-state index in [0.29, 0.717) is 0 Å². The van der Waals surface area contributed by atoms with Crippen molar-refractivity contribution in [3.8, 4) is 0 Å². The molecule has 5 nitrogen and oxygen atoms in total. The second-order valence-electron chi connectivity index (χ2n) is 5.38. The summed E-state index contributed by atoms with van der Waals surface area (Å²) in [5, 5.41) is 3.49. The fraction of sp³-hybridized carbons (Fsp3) is 0.312. The fourth-order valence-electron chi connectivity index (χ4n) is 2.04. The molecule has 136 valence electrons. The number of rotatable bonds is 3. The molecule has 0 radical (unpaired) electrons. The Labute approximate surface area is 161 Å². The largest absolute Gasteiger partial charge is 0.360 e. The molecule has 1 aliphatic rings. The van der Waals surface area contributed by atoms with E-state index in [1.807, 2.05) is 42.8 Å². The molecule has 0 fully saturated rings. The Morgan fingerprint density at radius 1 is 1.20 bits per heavy atom. The van der Waals surface area contributed by atoms with Crippen LogP contribution in [0.4, 0.5) is 5.69 Å². The summed E-state index contributed by atoms with van der Waals surface area (Å²) in [4.78, 5) is 6.75. The summed E-state index contributed by atoms with van der Waals surface area (Å²) in [6.45, 7) is 4.04. The van der Waals surface area contributed by atoms with Gasteiger partial charge in [0.15, 0.2) is 0 Å². The topological polar surface area (TPSA) is 79.3 Å². The molecule has 2 N–H and O–H groups in total. The number of benzene rings is 1. The highest BCUT2D eigenvalue weighted by Gasteiger charge is 2.33. The highest BCUT2D eigenvalue weighted by Crippen LogP contribution is 2.52. The van der Waals surface area contributed by atoms with E-state index in [1.54, 1.807) is 23.9 Å². The van der Waals surface area contributed by atoms with Gasteiger partial charge >= 0.3 is 0 Å². The van der Waals surface area contributed by atoms with E-state index in [9.17, 15) is 8.42 Å². The van der Waals surface area contributed by atoms with Crippen molar-refractivity contribution in [2.75, 3.05) is 17.8 Å². The Hall–Kier alpha value is -0.870. The number of fused-ring (bicyclic) bond motifs is 1. The van der Waals surface area contributed by atoms with E-state index in [1.165, 1.54) is 27.6 Å². The molecule has 2 heterocycles. The minimum atomic E-state index is -4.02. The zero-order valence-electron chi connectivity index (χ0n) is 14.3. The van der Waals surface area contributed by atoms with Crippen molar-refractivity contribution in [1.82, 2.24) is 4.98 Å². The molecule has 9 heteroatoms. The molecule has 0 saturated heterocycles. The normalized spacial score (nSPS) is 18.8. The Balaban J connectivity index is 0.000000186. The standard InChI is InChI=1S/C9H12N2S3.C7H8O3S/c1-9(13-3)11-6-4-10-5-7(12-2)8(6)14-9;1-6-2-4-7(5-3-6)11(8,9)10/h4-5,11H,1-3H3;2-5H,1H3,(H,8,9,10). The van der Waals surface area contributed by atoms with Gasteiger partial charge in [-0.05, 0) is 38.5 Å². The lowest BCUT2D eigenvalue weighted by molar-refractivity contribution is 0.483. The molecular weight excluding hydrogens is 396 g/mol. The van der Waals surface area contributed by atoms with Crippen molar-refractivity contribution in [2.24, 2.45) is 0 Å². The van der Waals surface area contributed by atoms with Gasteiger partial charge in [-0.25, -0.2) is 0 Å². The Morgan fingerprint density at radius 2 is 1.84 bits per heavy atom. The first-order chi connectivity index (χ1) is 11.7. The lowest BCUT2D eigenvalue weighted by Gasteiger charge is -2.20. The second kappa shape index (κ2) is 8.22. The predicted octanol–water partition coefficient (Wildman–Crippen LogP) is 4.60. The maximum atomic E-state index is 10.5. The summed E-state index contributed by atoms with van der Waals surface area (Å²) in [7, 11) is -4.02. The van der Waals surface area contributed by atoms with E-state index in [-0.39, 0.29) is 9.10 Å². The maximum absolute atomic E-state index is 10.5. The second-order valence-corrected chi connectivity index (χ2v) is 10.6. The van der Waals surface area contributed by atoms with Gasteiger partial charge in [-0.3, -0.25) is 9.54 Å². The van der Waals surface area contributed by atoms with Crippen molar-refractivity contribution in [2.45, 2.75) is 32.7 Å². The Morgan fingerprint density at radius 3 is 2.36 bits per heavy atom. The molecular formula is C16H20N2O3S4. The molecule has 1 aromatic heterocycles. The SMILES string of the molecule is CSc1cncc2c1SC(C)(SC)N2.Cc1ccc(S(=O)(=O)O)cc1. The Kier molecular flexibility index (Phi) is 6.72. The third kappa shape index (κ3) is 5.30. The van der Waals surface area contributed by atoms with Crippen molar-refractivity contribution < 1.29 is 13.0 Å². The molecule has 1 aliphatic heterocycles. The van der Waals surface area contributed by atoms with Gasteiger partial charge in [-0.15, -0.1) is 23.5 Å². The quantitative estimate of drug-likeness (QED) is 0.555. The molecule has 0 aliphatic carbocycles. The van der Waals surface area contributed by atoms with Crippen LogP contribution in [0.2, 0.25) is 0 Å². The summed E-state index contributed by atoms with van der Waals surface area (Å²) in [6, 6.07) is 5.99. The zero-order chi connectivity index (χ0) is 18.7. The van der Waals surface area contributed by atoms with Crippen LogP contribution in [0.3, 0.4) is 0 Å². The van der Waals surface area contributed by atoms with Crippen molar-refractivity contribution in [1.29, 1.82) is 0 Å². The lowest BCUT2D eigenvalue weighted by Crippen LogP contribution is -2.20. The zero-order valence-corrected chi connectivity index (χ0v) is 17.6. The smallest absolute Gasteiger partial charge is 0.294 e. The molecule has 0 bridgehead atoms. The van der Waals surface area contributed by atoms with E-state index in [0.717, 1.165) is 5.56 Å². The van der Waals surface area contributed by atoms with Gasteiger partial charge in [0.25, 0.3) is 10.1 Å². The minimum absolute atomic E-state index is 0.0653. The molecule has 0 saturated carbocycles. The van der Waals surface area contributed by atoms with Gasteiger partial charge in [0.2, 0.25) is 0 Å². The van der Waals surface area contributed by atoms with Gasteiger partial charge in [-0.1, -0.05) is 29.5 Å². The Bertz CT molecular complexity index is 841. The molecule has 0 amide bonds. The number of anilines is 1.